The first-order valence-electron chi connectivity index (χ1n) is 3.54. The van der Waals surface area contributed by atoms with Crippen LogP contribution in [0.5, 0.6) is 0 Å². The van der Waals surface area contributed by atoms with E-state index in [9.17, 15) is 0 Å². The second-order valence-electron chi connectivity index (χ2n) is 1.47. The van der Waals surface area contributed by atoms with Gasteiger partial charge in [-0.05, 0) is 0 Å². The van der Waals surface area contributed by atoms with E-state index in [4.69, 9.17) is 52.3 Å². The van der Waals surface area contributed by atoms with Crippen molar-refractivity contribution in [2.24, 2.45) is 11.5 Å². The number of aliphatic hydroxyl groups is 2. The molecule has 0 atom stereocenters. The monoisotopic (exact) mass is 309 g/mol. The quantitative estimate of drug-likeness (QED) is 0.236. The van der Waals surface area contributed by atoms with Gasteiger partial charge in [0.2, 0.25) is 0 Å². The molecule has 6 N–H and O–H groups in total. The maximum Gasteiger partial charge on any atom is 2.00 e. The summed E-state index contributed by atoms with van der Waals surface area (Å²) >= 11 is 0. The van der Waals surface area contributed by atoms with Crippen molar-refractivity contribution in [2.75, 3.05) is 26.3 Å². The summed E-state index contributed by atoms with van der Waals surface area (Å²) in [4.78, 5) is 16.5. The SMILES string of the molecule is NCCO.NCCO.O=[N+]([O-])[O-].O=[N+]([O-])[O-].[Cu+2]. The summed E-state index contributed by atoms with van der Waals surface area (Å²) in [7, 11) is 0. The van der Waals surface area contributed by atoms with E-state index in [2.05, 4.69) is 0 Å². The summed E-state index contributed by atoms with van der Waals surface area (Å²) in [6.07, 6.45) is 0. The number of hydrogen-bond acceptors (Lipinski definition) is 10. The Labute approximate surface area is 107 Å². The second kappa shape index (κ2) is 36.4. The van der Waals surface area contributed by atoms with E-state index >= 15 is 0 Å². The Bertz CT molecular complexity index is 121. The van der Waals surface area contributed by atoms with E-state index in [1.165, 1.54) is 0 Å². The van der Waals surface area contributed by atoms with Crippen LogP contribution in [0.1, 0.15) is 0 Å². The zero-order valence-electron chi connectivity index (χ0n) is 8.52. The van der Waals surface area contributed by atoms with Crippen LogP contribution in [0.3, 0.4) is 0 Å². The fraction of sp³-hybridized carbons (Fsp3) is 1.00. The predicted octanol–water partition coefficient (Wildman–Crippen LogP) is -2.61. The average Bonchev–Trinajstić information content (AvgIpc) is 2.16. The molecule has 0 aliphatic heterocycles. The van der Waals surface area contributed by atoms with Gasteiger partial charge in [0.15, 0.2) is 0 Å². The van der Waals surface area contributed by atoms with Gasteiger partial charge in [-0.15, -0.1) is 0 Å². The molecule has 17 heavy (non-hydrogen) atoms. The Hall–Kier alpha value is -1.24. The molecule has 0 unspecified atom stereocenters. The normalized spacial score (nSPS) is 6.35. The van der Waals surface area contributed by atoms with Gasteiger partial charge in [-0.3, -0.25) is 0 Å². The standard InChI is InChI=1S/2C2H7NO.Cu.2NO3/c2*3-1-2-4;;2*2-1(3)4/h2*4H,1-3H2;;;/q;;+2;2*-1. The Morgan fingerprint density at radius 3 is 0.882 bits per heavy atom. The van der Waals surface area contributed by atoms with Crippen molar-refractivity contribution in [1.29, 1.82) is 0 Å². The molecular weight excluding hydrogens is 296 g/mol. The largest absolute Gasteiger partial charge is 2.00 e. The Morgan fingerprint density at radius 1 is 0.824 bits per heavy atom. The van der Waals surface area contributed by atoms with Crippen LogP contribution >= 0.6 is 0 Å². The van der Waals surface area contributed by atoms with Crippen LogP contribution in [0.4, 0.5) is 0 Å². The van der Waals surface area contributed by atoms with Crippen LogP contribution in [-0.2, 0) is 17.1 Å². The summed E-state index contributed by atoms with van der Waals surface area (Å²) in [6, 6.07) is 0. The fourth-order valence-corrected chi connectivity index (χ4v) is 0. The van der Waals surface area contributed by atoms with E-state index in [0.29, 0.717) is 13.1 Å². The topological polar surface area (TPSA) is 225 Å². The average molecular weight is 310 g/mol. The molecule has 1 radical (unpaired) electrons. The molecule has 0 aliphatic carbocycles. The Balaban J connectivity index is -0.0000000369. The number of aliphatic hydroxyl groups excluding tert-OH is 2. The molecule has 0 spiro atoms. The third-order valence-electron chi connectivity index (χ3n) is 0.258. The van der Waals surface area contributed by atoms with Crippen molar-refractivity contribution in [3.05, 3.63) is 30.6 Å². The van der Waals surface area contributed by atoms with Crippen LogP contribution < -0.4 is 11.5 Å². The van der Waals surface area contributed by atoms with E-state index in [0.717, 1.165) is 0 Å². The minimum atomic E-state index is -1.75. The van der Waals surface area contributed by atoms with E-state index in [1.807, 2.05) is 0 Å². The molecule has 0 heterocycles. The summed E-state index contributed by atoms with van der Waals surface area (Å²) < 4.78 is 0. The molecule has 0 bridgehead atoms. The number of nitrogens with two attached hydrogens (primary N) is 2. The zero-order chi connectivity index (χ0) is 14.0. The molecule has 13 heteroatoms. The number of rotatable bonds is 2. The van der Waals surface area contributed by atoms with Gasteiger partial charge in [0.05, 0.1) is 23.4 Å². The molecule has 0 aromatic rings. The van der Waals surface area contributed by atoms with Crippen LogP contribution in [0.15, 0.2) is 0 Å². The second-order valence-corrected chi connectivity index (χ2v) is 1.47. The molecule has 109 valence electrons. The molecule has 0 amide bonds. The third-order valence-corrected chi connectivity index (χ3v) is 0.258. The zero-order valence-corrected chi connectivity index (χ0v) is 9.46. The minimum absolute atomic E-state index is 0. The van der Waals surface area contributed by atoms with Gasteiger partial charge >= 0.3 is 17.1 Å². The molecule has 0 aromatic heterocycles. The fourth-order valence-electron chi connectivity index (χ4n) is 0. The van der Waals surface area contributed by atoms with Gasteiger partial charge in [-0.1, -0.05) is 0 Å². The van der Waals surface area contributed by atoms with Gasteiger partial charge in [-0.2, -0.15) is 0 Å². The van der Waals surface area contributed by atoms with Crippen molar-refractivity contribution in [1.82, 2.24) is 0 Å². The van der Waals surface area contributed by atoms with Crippen LogP contribution in [0, 0.1) is 30.6 Å². The molecule has 0 aliphatic rings. The van der Waals surface area contributed by atoms with E-state index in [-0.39, 0.29) is 30.3 Å². The van der Waals surface area contributed by atoms with E-state index in [1.54, 1.807) is 0 Å². The molecule has 12 nitrogen and oxygen atoms in total. The maximum atomic E-state index is 8.25. The summed E-state index contributed by atoms with van der Waals surface area (Å²) in [5.41, 5.74) is 9.56. The van der Waals surface area contributed by atoms with Gasteiger partial charge in [0.25, 0.3) is 0 Å². The first kappa shape index (κ1) is 29.7. The number of hydrogen-bond donors (Lipinski definition) is 4. The van der Waals surface area contributed by atoms with Gasteiger partial charge in [0.1, 0.15) is 0 Å². The number of nitrogens with zero attached hydrogens (tertiary/aromatic N) is 2. The Kier molecular flexibility index (Phi) is 63.5. The van der Waals surface area contributed by atoms with Crippen molar-refractivity contribution >= 4 is 0 Å². The molecule has 0 saturated heterocycles. The van der Waals surface area contributed by atoms with Crippen molar-refractivity contribution in [3.8, 4) is 0 Å². The molecule has 0 aromatic carbocycles. The molecule has 0 rings (SSSR count). The summed E-state index contributed by atoms with van der Waals surface area (Å²) in [5, 5.41) is 45.0. The predicted molar refractivity (Wildman–Crippen MR) is 53.0 cm³/mol. The van der Waals surface area contributed by atoms with Gasteiger partial charge in [0, 0.05) is 13.1 Å². The van der Waals surface area contributed by atoms with Crippen molar-refractivity contribution in [2.45, 2.75) is 0 Å². The molecule has 0 saturated carbocycles. The Morgan fingerprint density at radius 2 is 0.882 bits per heavy atom. The summed E-state index contributed by atoms with van der Waals surface area (Å²) in [6.45, 7) is 0.944. The van der Waals surface area contributed by atoms with Crippen LogP contribution in [-0.4, -0.2) is 46.7 Å². The molecule has 0 fully saturated rings. The minimum Gasteiger partial charge on any atom is -0.395 e. The molecular formula is C4H14CuN4O8. The smallest absolute Gasteiger partial charge is 0.395 e. The summed E-state index contributed by atoms with van der Waals surface area (Å²) in [5.74, 6) is 0. The third kappa shape index (κ3) is 4170. The van der Waals surface area contributed by atoms with Gasteiger partial charge < -0.3 is 52.3 Å². The van der Waals surface area contributed by atoms with Crippen molar-refractivity contribution < 1.29 is 37.5 Å². The van der Waals surface area contributed by atoms with E-state index < -0.39 is 10.2 Å². The van der Waals surface area contributed by atoms with Crippen LogP contribution in [0.2, 0.25) is 0 Å². The first-order valence-corrected chi connectivity index (χ1v) is 3.54. The maximum absolute atomic E-state index is 8.25. The van der Waals surface area contributed by atoms with Crippen LogP contribution in [0.25, 0.3) is 0 Å². The first-order chi connectivity index (χ1) is 7.29. The van der Waals surface area contributed by atoms with Gasteiger partial charge in [-0.25, -0.2) is 0 Å². The van der Waals surface area contributed by atoms with Crippen molar-refractivity contribution in [3.63, 3.8) is 0 Å².